The summed E-state index contributed by atoms with van der Waals surface area (Å²) >= 11 is 5.14. The van der Waals surface area contributed by atoms with Crippen molar-refractivity contribution in [3.63, 3.8) is 0 Å². The first-order valence-electron chi connectivity index (χ1n) is 5.18. The Hall–Kier alpha value is -1.20. The van der Waals surface area contributed by atoms with Gasteiger partial charge in [0.2, 0.25) is 0 Å². The van der Waals surface area contributed by atoms with Crippen LogP contribution in [0.5, 0.6) is 0 Å². The summed E-state index contributed by atoms with van der Waals surface area (Å²) < 4.78 is 4.92. The number of thiocarbonyl (C=S) groups is 1. The van der Waals surface area contributed by atoms with Crippen molar-refractivity contribution in [1.29, 1.82) is 0 Å². The van der Waals surface area contributed by atoms with Gasteiger partial charge in [0.05, 0.1) is 18.3 Å². The maximum atomic E-state index is 5.14. The minimum absolute atomic E-state index is 0.101. The molecule has 4 nitrogen and oxygen atoms in total. The van der Waals surface area contributed by atoms with E-state index in [2.05, 4.69) is 15.6 Å². The van der Waals surface area contributed by atoms with E-state index in [1.807, 2.05) is 25.1 Å². The van der Waals surface area contributed by atoms with E-state index in [0.717, 1.165) is 5.69 Å². The van der Waals surface area contributed by atoms with Gasteiger partial charge in [-0.1, -0.05) is 6.07 Å². The molecular formula is C11H17N3OS. The molecule has 0 aliphatic rings. The molecule has 0 aromatic carbocycles. The summed E-state index contributed by atoms with van der Waals surface area (Å²) in [4.78, 5) is 4.25. The van der Waals surface area contributed by atoms with Gasteiger partial charge in [-0.3, -0.25) is 4.98 Å². The summed E-state index contributed by atoms with van der Waals surface area (Å²) in [5.74, 6) is 0. The highest BCUT2D eigenvalue weighted by Gasteiger charge is 2.06. The Kier molecular flexibility index (Phi) is 5.74. The van der Waals surface area contributed by atoms with Gasteiger partial charge in [0.15, 0.2) is 5.11 Å². The van der Waals surface area contributed by atoms with E-state index in [1.54, 1.807) is 13.3 Å². The smallest absolute Gasteiger partial charge is 0.166 e. The summed E-state index contributed by atoms with van der Waals surface area (Å²) in [7, 11) is 1.66. The second-order valence-corrected chi connectivity index (χ2v) is 3.78. The number of pyridine rings is 1. The monoisotopic (exact) mass is 239 g/mol. The number of hydrogen-bond donors (Lipinski definition) is 2. The van der Waals surface area contributed by atoms with E-state index in [-0.39, 0.29) is 6.04 Å². The Balaban J connectivity index is 2.34. The lowest BCUT2D eigenvalue weighted by Gasteiger charge is -2.16. The zero-order valence-electron chi connectivity index (χ0n) is 9.56. The molecule has 0 saturated heterocycles. The zero-order chi connectivity index (χ0) is 11.8. The van der Waals surface area contributed by atoms with Crippen molar-refractivity contribution in [3.8, 4) is 0 Å². The maximum absolute atomic E-state index is 5.14. The molecule has 0 saturated carbocycles. The highest BCUT2D eigenvalue weighted by atomic mass is 32.1. The predicted molar refractivity (Wildman–Crippen MR) is 68.3 cm³/mol. The second kappa shape index (κ2) is 7.14. The van der Waals surface area contributed by atoms with Gasteiger partial charge < -0.3 is 15.4 Å². The normalized spacial score (nSPS) is 11.9. The fourth-order valence-corrected chi connectivity index (χ4v) is 1.50. The highest BCUT2D eigenvalue weighted by Crippen LogP contribution is 2.06. The number of nitrogens with zero attached hydrogens (tertiary/aromatic N) is 1. The Morgan fingerprint density at radius 1 is 1.56 bits per heavy atom. The second-order valence-electron chi connectivity index (χ2n) is 3.37. The summed E-state index contributed by atoms with van der Waals surface area (Å²) in [6.07, 6.45) is 1.77. The Morgan fingerprint density at radius 2 is 2.38 bits per heavy atom. The molecule has 0 aliphatic heterocycles. The molecule has 16 heavy (non-hydrogen) atoms. The topological polar surface area (TPSA) is 46.2 Å². The summed E-state index contributed by atoms with van der Waals surface area (Å²) in [5.41, 5.74) is 0.971. The third-order valence-corrected chi connectivity index (χ3v) is 2.33. The standard InChI is InChI=1S/C11H17N3OS/c1-9(10-5-3-4-6-12-10)14-11(16)13-7-8-15-2/h3-6,9H,7-8H2,1-2H3,(H2,13,14,16). The third-order valence-electron chi connectivity index (χ3n) is 2.07. The first-order valence-corrected chi connectivity index (χ1v) is 5.59. The van der Waals surface area contributed by atoms with Crippen LogP contribution in [0.4, 0.5) is 0 Å². The maximum Gasteiger partial charge on any atom is 0.166 e. The summed E-state index contributed by atoms with van der Waals surface area (Å²) in [6, 6.07) is 5.92. The lowest BCUT2D eigenvalue weighted by Crippen LogP contribution is -2.38. The quantitative estimate of drug-likeness (QED) is 0.598. The number of aromatic nitrogens is 1. The highest BCUT2D eigenvalue weighted by molar-refractivity contribution is 7.80. The molecular weight excluding hydrogens is 222 g/mol. The number of ether oxygens (including phenoxy) is 1. The van der Waals surface area contributed by atoms with Crippen LogP contribution >= 0.6 is 12.2 Å². The van der Waals surface area contributed by atoms with Crippen LogP contribution in [0.2, 0.25) is 0 Å². The van der Waals surface area contributed by atoms with Crippen molar-refractivity contribution in [2.75, 3.05) is 20.3 Å². The van der Waals surface area contributed by atoms with Gasteiger partial charge in [-0.05, 0) is 31.3 Å². The van der Waals surface area contributed by atoms with Crippen LogP contribution < -0.4 is 10.6 Å². The third kappa shape index (κ3) is 4.55. The Bertz CT molecular complexity index is 318. The molecule has 1 rings (SSSR count). The molecule has 0 radical (unpaired) electrons. The van der Waals surface area contributed by atoms with Gasteiger partial charge in [0.25, 0.3) is 0 Å². The van der Waals surface area contributed by atoms with Crippen LogP contribution in [0.3, 0.4) is 0 Å². The molecule has 0 fully saturated rings. The van der Waals surface area contributed by atoms with Crippen molar-refractivity contribution < 1.29 is 4.74 Å². The van der Waals surface area contributed by atoms with E-state index in [1.165, 1.54) is 0 Å². The molecule has 0 amide bonds. The number of nitrogens with one attached hydrogen (secondary N) is 2. The van der Waals surface area contributed by atoms with Crippen molar-refractivity contribution in [1.82, 2.24) is 15.6 Å². The molecule has 5 heteroatoms. The first kappa shape index (κ1) is 12.9. The molecule has 1 heterocycles. The van der Waals surface area contributed by atoms with Gasteiger partial charge in [0.1, 0.15) is 0 Å². The van der Waals surface area contributed by atoms with Gasteiger partial charge >= 0.3 is 0 Å². The predicted octanol–water partition coefficient (Wildman–Crippen LogP) is 1.25. The minimum atomic E-state index is 0.101. The number of rotatable bonds is 5. The van der Waals surface area contributed by atoms with Crippen LogP contribution in [0.25, 0.3) is 0 Å². The lowest BCUT2D eigenvalue weighted by molar-refractivity contribution is 0.204. The molecule has 0 bridgehead atoms. The molecule has 1 aromatic rings. The molecule has 0 aliphatic carbocycles. The van der Waals surface area contributed by atoms with Crippen molar-refractivity contribution >= 4 is 17.3 Å². The van der Waals surface area contributed by atoms with Gasteiger partial charge in [-0.15, -0.1) is 0 Å². The van der Waals surface area contributed by atoms with Crippen molar-refractivity contribution in [2.45, 2.75) is 13.0 Å². The van der Waals surface area contributed by atoms with Crippen LogP contribution in [-0.2, 0) is 4.74 Å². The van der Waals surface area contributed by atoms with Crippen LogP contribution in [0.15, 0.2) is 24.4 Å². The lowest BCUT2D eigenvalue weighted by atomic mass is 10.2. The van der Waals surface area contributed by atoms with Gasteiger partial charge in [-0.2, -0.15) is 0 Å². The fraction of sp³-hybridized carbons (Fsp3) is 0.455. The van der Waals surface area contributed by atoms with E-state index >= 15 is 0 Å². The van der Waals surface area contributed by atoms with E-state index in [0.29, 0.717) is 18.3 Å². The molecule has 1 aromatic heterocycles. The molecule has 1 atom stereocenters. The largest absolute Gasteiger partial charge is 0.383 e. The van der Waals surface area contributed by atoms with E-state index in [4.69, 9.17) is 17.0 Å². The van der Waals surface area contributed by atoms with E-state index < -0.39 is 0 Å². The summed E-state index contributed by atoms with van der Waals surface area (Å²) in [6.45, 7) is 3.36. The minimum Gasteiger partial charge on any atom is -0.383 e. The zero-order valence-corrected chi connectivity index (χ0v) is 10.4. The number of methoxy groups -OCH3 is 1. The van der Waals surface area contributed by atoms with Gasteiger partial charge in [-0.25, -0.2) is 0 Å². The molecule has 0 spiro atoms. The number of hydrogen-bond acceptors (Lipinski definition) is 3. The average molecular weight is 239 g/mol. The van der Waals surface area contributed by atoms with Gasteiger partial charge in [0, 0.05) is 19.9 Å². The van der Waals surface area contributed by atoms with Crippen molar-refractivity contribution in [2.24, 2.45) is 0 Å². The first-order chi connectivity index (χ1) is 7.74. The Morgan fingerprint density at radius 3 is 3.00 bits per heavy atom. The fourth-order valence-electron chi connectivity index (χ4n) is 1.22. The van der Waals surface area contributed by atoms with Crippen LogP contribution in [0, 0.1) is 0 Å². The molecule has 88 valence electrons. The molecule has 1 unspecified atom stereocenters. The molecule has 2 N–H and O–H groups in total. The van der Waals surface area contributed by atoms with Crippen molar-refractivity contribution in [3.05, 3.63) is 30.1 Å². The van der Waals surface area contributed by atoms with E-state index in [9.17, 15) is 0 Å². The van der Waals surface area contributed by atoms with Crippen LogP contribution in [0.1, 0.15) is 18.7 Å². The SMILES string of the molecule is COCCNC(=S)NC(C)c1ccccn1. The Labute approximate surface area is 101 Å². The van der Waals surface area contributed by atoms with Crippen LogP contribution in [-0.4, -0.2) is 30.4 Å². The summed E-state index contributed by atoms with van der Waals surface area (Å²) in [5, 5.41) is 6.83. The average Bonchev–Trinajstić information content (AvgIpc) is 2.30.